The lowest BCUT2D eigenvalue weighted by Crippen LogP contribution is -2.36. The van der Waals surface area contributed by atoms with Gasteiger partial charge in [0.2, 0.25) is 0 Å². The first-order chi connectivity index (χ1) is 11.4. The third-order valence-electron chi connectivity index (χ3n) is 6.44. The molecule has 2 atom stereocenters. The number of imidazole rings is 2. The van der Waals surface area contributed by atoms with Crippen LogP contribution in [0.4, 0.5) is 0 Å². The number of hydrogen-bond acceptors (Lipinski definition) is 3. The fourth-order valence-corrected chi connectivity index (χ4v) is 4.27. The van der Waals surface area contributed by atoms with Gasteiger partial charge in [-0.3, -0.25) is 4.79 Å². The van der Waals surface area contributed by atoms with Crippen molar-refractivity contribution in [3.8, 4) is 0 Å². The summed E-state index contributed by atoms with van der Waals surface area (Å²) in [7, 11) is 0. The molecule has 2 unspecified atom stereocenters. The molecule has 2 aromatic rings. The highest BCUT2D eigenvalue weighted by Crippen LogP contribution is 2.57. The van der Waals surface area contributed by atoms with Crippen molar-refractivity contribution in [2.75, 3.05) is 0 Å². The molecule has 2 aliphatic carbocycles. The minimum absolute atomic E-state index is 0.00779. The second-order valence-electron chi connectivity index (χ2n) is 7.99. The van der Waals surface area contributed by atoms with Crippen LogP contribution in [0.2, 0.25) is 0 Å². The summed E-state index contributed by atoms with van der Waals surface area (Å²) in [5, 5.41) is 0. The van der Waals surface area contributed by atoms with Gasteiger partial charge < -0.3 is 9.97 Å². The van der Waals surface area contributed by atoms with E-state index in [0.29, 0.717) is 5.78 Å². The number of aromatic nitrogens is 4. The molecule has 2 N–H and O–H groups in total. The van der Waals surface area contributed by atoms with Gasteiger partial charge in [0, 0.05) is 46.4 Å². The molecule has 0 bridgehead atoms. The van der Waals surface area contributed by atoms with Gasteiger partial charge in [-0.2, -0.15) is 0 Å². The van der Waals surface area contributed by atoms with Gasteiger partial charge in [0.25, 0.3) is 0 Å². The van der Waals surface area contributed by atoms with Gasteiger partial charge in [-0.05, 0) is 39.5 Å². The molecule has 2 fully saturated rings. The van der Waals surface area contributed by atoms with E-state index in [-0.39, 0.29) is 22.7 Å². The van der Waals surface area contributed by atoms with E-state index in [4.69, 9.17) is 0 Å². The monoisotopic (exact) mass is 326 g/mol. The van der Waals surface area contributed by atoms with Gasteiger partial charge >= 0.3 is 0 Å². The van der Waals surface area contributed by atoms with Crippen molar-refractivity contribution in [2.24, 2.45) is 11.8 Å². The number of nitrogens with zero attached hydrogens (tertiary/aromatic N) is 2. The fraction of sp³-hybridized carbons (Fsp3) is 0.632. The average molecular weight is 326 g/mol. The van der Waals surface area contributed by atoms with Crippen LogP contribution in [0.1, 0.15) is 62.6 Å². The smallest absolute Gasteiger partial charge is 0.140 e. The molecule has 0 spiro atoms. The van der Waals surface area contributed by atoms with Crippen LogP contribution in [0, 0.1) is 25.7 Å². The molecule has 5 nitrogen and oxygen atoms in total. The topological polar surface area (TPSA) is 74.4 Å². The molecule has 0 aromatic carbocycles. The van der Waals surface area contributed by atoms with Gasteiger partial charge in [0.15, 0.2) is 0 Å². The van der Waals surface area contributed by atoms with Crippen molar-refractivity contribution in [3.63, 3.8) is 0 Å². The molecule has 128 valence electrons. The van der Waals surface area contributed by atoms with Crippen LogP contribution < -0.4 is 0 Å². The van der Waals surface area contributed by atoms with Crippen molar-refractivity contribution < 1.29 is 4.79 Å². The Morgan fingerprint density at radius 2 is 1.29 bits per heavy atom. The highest BCUT2D eigenvalue weighted by molar-refractivity contribution is 5.86. The summed E-state index contributed by atoms with van der Waals surface area (Å²) in [5.74, 6) is 2.32. The van der Waals surface area contributed by atoms with Crippen LogP contribution in [0.5, 0.6) is 0 Å². The lowest BCUT2D eigenvalue weighted by Gasteiger charge is -2.27. The van der Waals surface area contributed by atoms with Crippen LogP contribution in [0.3, 0.4) is 0 Å². The molecule has 2 saturated carbocycles. The maximum atomic E-state index is 13.3. The van der Waals surface area contributed by atoms with Gasteiger partial charge in [-0.1, -0.05) is 13.8 Å². The summed E-state index contributed by atoms with van der Waals surface area (Å²) >= 11 is 0. The molecule has 0 saturated heterocycles. The Morgan fingerprint density at radius 1 is 0.917 bits per heavy atom. The standard InChI is InChI=1S/C19H26N4O/c1-11-9-20-16(22-11)18(5-6-18)13(3)15(24)14(4)19(7-8-19)17-21-10-12(2)23-17/h9-10,13-14H,5-8H2,1-4H3,(H,20,22)(H,21,23). The molecule has 0 aliphatic heterocycles. The zero-order chi connectivity index (χ0) is 17.1. The average Bonchev–Trinajstić information content (AvgIpc) is 3.47. The second-order valence-corrected chi connectivity index (χ2v) is 7.99. The summed E-state index contributed by atoms with van der Waals surface area (Å²) in [4.78, 5) is 29.1. The first-order valence-corrected chi connectivity index (χ1v) is 8.97. The van der Waals surface area contributed by atoms with E-state index in [1.54, 1.807) is 0 Å². The third kappa shape index (κ3) is 2.17. The highest BCUT2D eigenvalue weighted by Gasteiger charge is 2.59. The Hall–Kier alpha value is -1.91. The normalized spacial score (nSPS) is 22.8. The number of carbonyl (C=O) groups is 1. The number of Topliss-reactive ketones (excluding diaryl/α,β-unsaturated/α-hetero) is 1. The van der Waals surface area contributed by atoms with Crippen LogP contribution in [0.25, 0.3) is 0 Å². The van der Waals surface area contributed by atoms with E-state index in [1.807, 2.05) is 26.2 Å². The fourth-order valence-electron chi connectivity index (χ4n) is 4.27. The van der Waals surface area contributed by atoms with Crippen molar-refractivity contribution in [1.29, 1.82) is 0 Å². The van der Waals surface area contributed by atoms with Crippen LogP contribution in [0.15, 0.2) is 12.4 Å². The molecule has 0 radical (unpaired) electrons. The molecule has 2 aliphatic rings. The molecular weight excluding hydrogens is 300 g/mol. The van der Waals surface area contributed by atoms with Crippen LogP contribution in [-0.2, 0) is 15.6 Å². The third-order valence-corrected chi connectivity index (χ3v) is 6.44. The summed E-state index contributed by atoms with van der Waals surface area (Å²) in [6.45, 7) is 8.21. The second kappa shape index (κ2) is 5.04. The SMILES string of the molecule is Cc1cnc(C2(C(C)C(=O)C(C)C3(c4ncc(C)[nH]4)CC3)CC2)[nH]1. The Kier molecular flexibility index (Phi) is 3.28. The Balaban J connectivity index is 1.57. The van der Waals surface area contributed by atoms with E-state index in [9.17, 15) is 4.79 Å². The predicted octanol–water partition coefficient (Wildman–Crippen LogP) is 3.35. The maximum Gasteiger partial charge on any atom is 0.140 e. The molecule has 0 amide bonds. The number of carbonyl (C=O) groups excluding carboxylic acids is 1. The Labute approximate surface area is 142 Å². The van der Waals surface area contributed by atoms with Crippen molar-refractivity contribution in [1.82, 2.24) is 19.9 Å². The molecule has 2 aromatic heterocycles. The molecule has 2 heterocycles. The highest BCUT2D eigenvalue weighted by atomic mass is 16.1. The zero-order valence-electron chi connectivity index (χ0n) is 14.9. The lowest BCUT2D eigenvalue weighted by molar-refractivity contribution is -0.128. The summed E-state index contributed by atoms with van der Waals surface area (Å²) in [6.07, 6.45) is 7.92. The number of hydrogen-bond donors (Lipinski definition) is 2. The number of rotatable bonds is 6. The Morgan fingerprint density at radius 3 is 1.54 bits per heavy atom. The first kappa shape index (κ1) is 15.6. The number of aryl methyl sites for hydroxylation is 2. The predicted molar refractivity (Wildman–Crippen MR) is 91.8 cm³/mol. The van der Waals surface area contributed by atoms with E-state index in [1.165, 1.54) is 0 Å². The van der Waals surface area contributed by atoms with E-state index in [2.05, 4.69) is 33.8 Å². The van der Waals surface area contributed by atoms with E-state index < -0.39 is 0 Å². The number of aromatic amines is 2. The number of nitrogens with one attached hydrogen (secondary N) is 2. The van der Waals surface area contributed by atoms with Gasteiger partial charge in [0.1, 0.15) is 17.4 Å². The van der Waals surface area contributed by atoms with Crippen LogP contribution >= 0.6 is 0 Å². The molecule has 5 heteroatoms. The minimum atomic E-state index is -0.0746. The zero-order valence-corrected chi connectivity index (χ0v) is 14.9. The summed E-state index contributed by atoms with van der Waals surface area (Å²) < 4.78 is 0. The maximum absolute atomic E-state index is 13.3. The van der Waals surface area contributed by atoms with Gasteiger partial charge in [-0.25, -0.2) is 9.97 Å². The number of H-pyrrole nitrogens is 2. The van der Waals surface area contributed by atoms with Crippen LogP contribution in [-0.4, -0.2) is 25.7 Å². The first-order valence-electron chi connectivity index (χ1n) is 8.97. The molecule has 24 heavy (non-hydrogen) atoms. The summed E-state index contributed by atoms with van der Waals surface area (Å²) in [5.41, 5.74) is 1.98. The molecule has 4 rings (SSSR count). The van der Waals surface area contributed by atoms with Crippen molar-refractivity contribution >= 4 is 5.78 Å². The quantitative estimate of drug-likeness (QED) is 0.855. The Bertz CT molecular complexity index is 715. The minimum Gasteiger partial charge on any atom is -0.346 e. The van der Waals surface area contributed by atoms with E-state index >= 15 is 0 Å². The van der Waals surface area contributed by atoms with Crippen molar-refractivity contribution in [3.05, 3.63) is 35.4 Å². The van der Waals surface area contributed by atoms with Crippen molar-refractivity contribution in [2.45, 2.75) is 64.2 Å². The summed E-state index contributed by atoms with van der Waals surface area (Å²) in [6, 6.07) is 0. The lowest BCUT2D eigenvalue weighted by atomic mass is 9.76. The molecular formula is C19H26N4O. The number of ketones is 1. The van der Waals surface area contributed by atoms with Gasteiger partial charge in [-0.15, -0.1) is 0 Å². The van der Waals surface area contributed by atoms with E-state index in [0.717, 1.165) is 48.7 Å². The largest absolute Gasteiger partial charge is 0.346 e. The van der Waals surface area contributed by atoms with Gasteiger partial charge in [0.05, 0.1) is 0 Å².